The first kappa shape index (κ1) is 12.9. The predicted octanol–water partition coefficient (Wildman–Crippen LogP) is 1.07. The predicted molar refractivity (Wildman–Crippen MR) is 71.5 cm³/mol. The van der Waals surface area contributed by atoms with E-state index in [0.717, 1.165) is 5.69 Å². The van der Waals surface area contributed by atoms with Crippen molar-refractivity contribution in [2.45, 2.75) is 19.4 Å². The highest BCUT2D eigenvalue weighted by molar-refractivity contribution is 7.91. The first-order valence-electron chi connectivity index (χ1n) is 5.75. The molecule has 1 saturated heterocycles. The minimum Gasteiger partial charge on any atom is -0.398 e. The Morgan fingerprint density at radius 1 is 1.44 bits per heavy atom. The number of nitrogens with two attached hydrogens (primary N) is 1. The van der Waals surface area contributed by atoms with E-state index in [2.05, 4.69) is 5.32 Å². The molecular formula is C12H16N2O3S. The van der Waals surface area contributed by atoms with Crippen LogP contribution in [-0.2, 0) is 9.84 Å². The Hall–Kier alpha value is -1.56. The second kappa shape index (κ2) is 4.61. The van der Waals surface area contributed by atoms with Gasteiger partial charge in [0, 0.05) is 23.0 Å². The van der Waals surface area contributed by atoms with E-state index in [9.17, 15) is 13.2 Å². The fourth-order valence-electron chi connectivity index (χ4n) is 2.12. The molecule has 0 radical (unpaired) electrons. The van der Waals surface area contributed by atoms with Crippen molar-refractivity contribution in [2.24, 2.45) is 0 Å². The average Bonchev–Trinajstić information content (AvgIpc) is 2.57. The number of hydrogen-bond donors (Lipinski definition) is 2. The zero-order chi connectivity index (χ0) is 13.3. The molecule has 5 nitrogen and oxygen atoms in total. The van der Waals surface area contributed by atoms with Crippen LogP contribution in [0.25, 0.3) is 0 Å². The molecule has 1 aliphatic heterocycles. The largest absolute Gasteiger partial charge is 0.398 e. The molecule has 0 aromatic heterocycles. The molecule has 0 bridgehead atoms. The number of sulfone groups is 1. The maximum Gasteiger partial charge on any atom is 0.161 e. The summed E-state index contributed by atoms with van der Waals surface area (Å²) in [5.74, 6) is 0.301. The van der Waals surface area contributed by atoms with E-state index in [4.69, 9.17) is 5.73 Å². The van der Waals surface area contributed by atoms with Gasteiger partial charge in [-0.2, -0.15) is 0 Å². The van der Waals surface area contributed by atoms with E-state index >= 15 is 0 Å². The Morgan fingerprint density at radius 2 is 2.17 bits per heavy atom. The second-order valence-electron chi connectivity index (χ2n) is 4.60. The third-order valence-corrected chi connectivity index (χ3v) is 4.80. The van der Waals surface area contributed by atoms with E-state index in [-0.39, 0.29) is 23.3 Å². The van der Waals surface area contributed by atoms with Gasteiger partial charge in [-0.25, -0.2) is 8.42 Å². The van der Waals surface area contributed by atoms with Crippen LogP contribution in [0.1, 0.15) is 23.7 Å². The number of anilines is 2. The number of ketones is 1. The number of carbonyl (C=O) groups excluding carboxylic acids is 1. The third-order valence-electron chi connectivity index (χ3n) is 3.03. The van der Waals surface area contributed by atoms with Crippen LogP contribution < -0.4 is 11.1 Å². The number of benzene rings is 1. The summed E-state index contributed by atoms with van der Waals surface area (Å²) in [5.41, 5.74) is 7.42. The van der Waals surface area contributed by atoms with Gasteiger partial charge in [-0.15, -0.1) is 0 Å². The Balaban J connectivity index is 2.12. The standard InChI is InChI=1S/C12H16N2O3S/c1-8(15)11-3-2-9(6-12(11)13)14-10-4-5-18(16,17)7-10/h2-3,6,10,14H,4-5,7,13H2,1H3. The third kappa shape index (κ3) is 2.81. The molecule has 0 spiro atoms. The van der Waals surface area contributed by atoms with E-state index in [1.165, 1.54) is 6.92 Å². The zero-order valence-corrected chi connectivity index (χ0v) is 11.0. The quantitative estimate of drug-likeness (QED) is 0.632. The molecule has 3 N–H and O–H groups in total. The van der Waals surface area contributed by atoms with Crippen molar-refractivity contribution in [2.75, 3.05) is 22.6 Å². The summed E-state index contributed by atoms with van der Waals surface area (Å²) in [6.07, 6.45) is 0.608. The van der Waals surface area contributed by atoms with Crippen LogP contribution in [0, 0.1) is 0 Å². The number of nitrogen functional groups attached to an aromatic ring is 1. The molecule has 1 atom stereocenters. The molecule has 0 amide bonds. The number of nitrogens with one attached hydrogen (secondary N) is 1. The fraction of sp³-hybridized carbons (Fsp3) is 0.417. The van der Waals surface area contributed by atoms with E-state index < -0.39 is 9.84 Å². The van der Waals surface area contributed by atoms with Gasteiger partial charge in [0.1, 0.15) is 0 Å². The summed E-state index contributed by atoms with van der Waals surface area (Å²) in [5, 5.41) is 3.13. The average molecular weight is 268 g/mol. The summed E-state index contributed by atoms with van der Waals surface area (Å²) in [7, 11) is -2.90. The Bertz CT molecular complexity index is 581. The molecule has 98 valence electrons. The Morgan fingerprint density at radius 3 is 2.67 bits per heavy atom. The smallest absolute Gasteiger partial charge is 0.161 e. The van der Waals surface area contributed by atoms with Crippen molar-refractivity contribution in [3.05, 3.63) is 23.8 Å². The highest BCUT2D eigenvalue weighted by Gasteiger charge is 2.27. The van der Waals surface area contributed by atoms with Gasteiger partial charge in [0.25, 0.3) is 0 Å². The maximum absolute atomic E-state index is 11.3. The normalized spacial score (nSPS) is 21.7. The number of carbonyl (C=O) groups is 1. The molecule has 1 fully saturated rings. The van der Waals surface area contributed by atoms with Gasteiger partial charge in [0.15, 0.2) is 15.6 Å². The van der Waals surface area contributed by atoms with Crippen LogP contribution >= 0.6 is 0 Å². The van der Waals surface area contributed by atoms with Crippen LogP contribution in [0.5, 0.6) is 0 Å². The van der Waals surface area contributed by atoms with Crippen LogP contribution in [-0.4, -0.2) is 31.7 Å². The van der Waals surface area contributed by atoms with Crippen LogP contribution in [0.3, 0.4) is 0 Å². The minimum absolute atomic E-state index is 0.0717. The Kier molecular flexibility index (Phi) is 3.30. The summed E-state index contributed by atoms with van der Waals surface area (Å²) in [6.45, 7) is 1.46. The van der Waals surface area contributed by atoms with Crippen LogP contribution in [0.2, 0.25) is 0 Å². The molecule has 2 rings (SSSR count). The number of rotatable bonds is 3. The second-order valence-corrected chi connectivity index (χ2v) is 6.83. The van der Waals surface area contributed by atoms with Crippen molar-refractivity contribution in [3.8, 4) is 0 Å². The lowest BCUT2D eigenvalue weighted by Gasteiger charge is -2.13. The lowest BCUT2D eigenvalue weighted by atomic mass is 10.1. The van der Waals surface area contributed by atoms with Gasteiger partial charge in [0.2, 0.25) is 0 Å². The molecule has 1 unspecified atom stereocenters. The SMILES string of the molecule is CC(=O)c1ccc(NC2CCS(=O)(=O)C2)cc1N. The topological polar surface area (TPSA) is 89.3 Å². The molecule has 1 aromatic rings. The number of Topliss-reactive ketones (excluding diaryl/α,β-unsaturated/α-hetero) is 1. The lowest BCUT2D eigenvalue weighted by Crippen LogP contribution is -2.20. The molecule has 1 aliphatic rings. The van der Waals surface area contributed by atoms with E-state index in [1.54, 1.807) is 18.2 Å². The monoisotopic (exact) mass is 268 g/mol. The molecule has 0 saturated carbocycles. The van der Waals surface area contributed by atoms with Gasteiger partial charge in [-0.05, 0) is 31.5 Å². The van der Waals surface area contributed by atoms with Crippen LogP contribution in [0.15, 0.2) is 18.2 Å². The number of hydrogen-bond acceptors (Lipinski definition) is 5. The fourth-order valence-corrected chi connectivity index (χ4v) is 3.79. The highest BCUT2D eigenvalue weighted by Crippen LogP contribution is 2.22. The van der Waals surface area contributed by atoms with Crippen molar-refractivity contribution < 1.29 is 13.2 Å². The highest BCUT2D eigenvalue weighted by atomic mass is 32.2. The van der Waals surface area contributed by atoms with Crippen molar-refractivity contribution in [1.29, 1.82) is 0 Å². The minimum atomic E-state index is -2.90. The zero-order valence-electron chi connectivity index (χ0n) is 10.1. The van der Waals surface area contributed by atoms with E-state index in [0.29, 0.717) is 17.7 Å². The van der Waals surface area contributed by atoms with Crippen molar-refractivity contribution in [3.63, 3.8) is 0 Å². The molecule has 1 heterocycles. The molecular weight excluding hydrogens is 252 g/mol. The molecule has 18 heavy (non-hydrogen) atoms. The maximum atomic E-state index is 11.3. The Labute approximate surface area is 106 Å². The van der Waals surface area contributed by atoms with Gasteiger partial charge in [-0.1, -0.05) is 0 Å². The summed E-state index contributed by atoms with van der Waals surface area (Å²) < 4.78 is 22.7. The first-order valence-corrected chi connectivity index (χ1v) is 7.57. The van der Waals surface area contributed by atoms with Gasteiger partial charge < -0.3 is 11.1 Å². The van der Waals surface area contributed by atoms with Gasteiger partial charge in [0.05, 0.1) is 11.5 Å². The summed E-state index contributed by atoms with van der Waals surface area (Å²) >= 11 is 0. The van der Waals surface area contributed by atoms with Gasteiger partial charge in [-0.3, -0.25) is 4.79 Å². The lowest BCUT2D eigenvalue weighted by molar-refractivity contribution is 0.101. The molecule has 1 aromatic carbocycles. The van der Waals surface area contributed by atoms with E-state index in [1.807, 2.05) is 0 Å². The van der Waals surface area contributed by atoms with Crippen LogP contribution in [0.4, 0.5) is 11.4 Å². The summed E-state index contributed by atoms with van der Waals surface area (Å²) in [6, 6.07) is 5.00. The van der Waals surface area contributed by atoms with Gasteiger partial charge >= 0.3 is 0 Å². The summed E-state index contributed by atoms with van der Waals surface area (Å²) in [4.78, 5) is 11.2. The first-order chi connectivity index (χ1) is 8.37. The van der Waals surface area contributed by atoms with Crippen molar-refractivity contribution in [1.82, 2.24) is 0 Å². The molecule has 6 heteroatoms. The molecule has 0 aliphatic carbocycles. The van der Waals surface area contributed by atoms with Crippen molar-refractivity contribution >= 4 is 27.0 Å².